The van der Waals surface area contributed by atoms with Crippen molar-refractivity contribution in [3.8, 4) is 0 Å². The van der Waals surface area contributed by atoms with Crippen LogP contribution in [-0.4, -0.2) is 41.2 Å². The van der Waals surface area contributed by atoms with Gasteiger partial charge in [0.2, 0.25) is 0 Å². The summed E-state index contributed by atoms with van der Waals surface area (Å²) >= 11 is 0. The SMILES string of the molecule is CCCNc1cc(CN2CCC(CCO)C2)ccn1. The van der Waals surface area contributed by atoms with Crippen LogP contribution in [0.1, 0.15) is 31.7 Å². The zero-order chi connectivity index (χ0) is 13.5. The van der Waals surface area contributed by atoms with Crippen molar-refractivity contribution in [2.75, 3.05) is 31.6 Å². The summed E-state index contributed by atoms with van der Waals surface area (Å²) in [4.78, 5) is 6.80. The van der Waals surface area contributed by atoms with E-state index in [0.29, 0.717) is 12.5 Å². The Morgan fingerprint density at radius 1 is 1.53 bits per heavy atom. The predicted molar refractivity (Wildman–Crippen MR) is 78.1 cm³/mol. The third kappa shape index (κ3) is 4.48. The largest absolute Gasteiger partial charge is 0.396 e. The second kappa shape index (κ2) is 7.46. The molecule has 1 aromatic rings. The molecule has 2 N–H and O–H groups in total. The summed E-state index contributed by atoms with van der Waals surface area (Å²) < 4.78 is 0. The maximum atomic E-state index is 8.99. The fourth-order valence-corrected chi connectivity index (χ4v) is 2.66. The van der Waals surface area contributed by atoms with E-state index in [1.807, 2.05) is 6.20 Å². The van der Waals surface area contributed by atoms with Crippen molar-refractivity contribution in [1.82, 2.24) is 9.88 Å². The Morgan fingerprint density at radius 3 is 3.21 bits per heavy atom. The third-order valence-corrected chi connectivity index (χ3v) is 3.69. The average Bonchev–Trinajstić information content (AvgIpc) is 2.85. The Balaban J connectivity index is 1.85. The van der Waals surface area contributed by atoms with Gasteiger partial charge in [-0.25, -0.2) is 4.98 Å². The minimum absolute atomic E-state index is 0.318. The van der Waals surface area contributed by atoms with Gasteiger partial charge in [-0.15, -0.1) is 0 Å². The highest BCUT2D eigenvalue weighted by molar-refractivity contribution is 5.37. The lowest BCUT2D eigenvalue weighted by atomic mass is 10.1. The Kier molecular flexibility index (Phi) is 5.61. The molecule has 1 aliphatic rings. The van der Waals surface area contributed by atoms with Gasteiger partial charge in [-0.05, 0) is 49.4 Å². The molecule has 2 rings (SSSR count). The van der Waals surface area contributed by atoms with Crippen LogP contribution in [0.25, 0.3) is 0 Å². The van der Waals surface area contributed by atoms with Crippen LogP contribution >= 0.6 is 0 Å². The first-order valence-electron chi connectivity index (χ1n) is 7.34. The van der Waals surface area contributed by atoms with E-state index in [2.05, 4.69) is 34.3 Å². The second-order valence-electron chi connectivity index (χ2n) is 5.38. The van der Waals surface area contributed by atoms with Crippen molar-refractivity contribution in [3.63, 3.8) is 0 Å². The number of nitrogens with one attached hydrogen (secondary N) is 1. The highest BCUT2D eigenvalue weighted by Gasteiger charge is 2.21. The molecule has 4 nitrogen and oxygen atoms in total. The summed E-state index contributed by atoms with van der Waals surface area (Å²) in [7, 11) is 0. The molecule has 0 saturated carbocycles. The normalized spacial score (nSPS) is 19.8. The summed E-state index contributed by atoms with van der Waals surface area (Å²) in [6.45, 7) is 6.69. The number of hydrogen-bond donors (Lipinski definition) is 2. The highest BCUT2D eigenvalue weighted by atomic mass is 16.3. The molecule has 1 saturated heterocycles. The van der Waals surface area contributed by atoms with E-state index in [-0.39, 0.29) is 0 Å². The lowest BCUT2D eigenvalue weighted by molar-refractivity contribution is 0.249. The first-order valence-corrected chi connectivity index (χ1v) is 7.34. The molecule has 19 heavy (non-hydrogen) atoms. The smallest absolute Gasteiger partial charge is 0.126 e. The van der Waals surface area contributed by atoms with Gasteiger partial charge in [0, 0.05) is 32.4 Å². The summed E-state index contributed by atoms with van der Waals surface area (Å²) in [5.41, 5.74) is 1.32. The van der Waals surface area contributed by atoms with Gasteiger partial charge in [0.1, 0.15) is 5.82 Å². The number of aliphatic hydroxyl groups is 1. The third-order valence-electron chi connectivity index (χ3n) is 3.69. The van der Waals surface area contributed by atoms with Gasteiger partial charge >= 0.3 is 0 Å². The zero-order valence-corrected chi connectivity index (χ0v) is 11.8. The van der Waals surface area contributed by atoms with Crippen LogP contribution in [0.3, 0.4) is 0 Å². The van der Waals surface area contributed by atoms with Crippen LogP contribution in [-0.2, 0) is 6.54 Å². The van der Waals surface area contributed by atoms with Gasteiger partial charge in [-0.1, -0.05) is 6.92 Å². The quantitative estimate of drug-likeness (QED) is 0.791. The Labute approximate surface area is 115 Å². The number of anilines is 1. The molecule has 4 heteroatoms. The van der Waals surface area contributed by atoms with Crippen LogP contribution in [0.15, 0.2) is 18.3 Å². The average molecular weight is 263 g/mol. The van der Waals surface area contributed by atoms with Crippen molar-refractivity contribution >= 4 is 5.82 Å². The van der Waals surface area contributed by atoms with E-state index < -0.39 is 0 Å². The molecule has 0 bridgehead atoms. The Morgan fingerprint density at radius 2 is 2.42 bits per heavy atom. The van der Waals surface area contributed by atoms with Gasteiger partial charge in [0.25, 0.3) is 0 Å². The van der Waals surface area contributed by atoms with Crippen molar-refractivity contribution < 1.29 is 5.11 Å². The van der Waals surface area contributed by atoms with Crippen LogP contribution in [0.5, 0.6) is 0 Å². The number of hydrogen-bond acceptors (Lipinski definition) is 4. The fourth-order valence-electron chi connectivity index (χ4n) is 2.66. The summed E-state index contributed by atoms with van der Waals surface area (Å²) in [6, 6.07) is 4.24. The van der Waals surface area contributed by atoms with Crippen molar-refractivity contribution in [3.05, 3.63) is 23.9 Å². The van der Waals surface area contributed by atoms with Crippen molar-refractivity contribution in [2.24, 2.45) is 5.92 Å². The number of aliphatic hydroxyl groups excluding tert-OH is 1. The number of likely N-dealkylation sites (tertiary alicyclic amines) is 1. The van der Waals surface area contributed by atoms with E-state index in [0.717, 1.165) is 44.8 Å². The lowest BCUT2D eigenvalue weighted by Crippen LogP contribution is -2.20. The van der Waals surface area contributed by atoms with Gasteiger partial charge in [0.05, 0.1) is 0 Å². The van der Waals surface area contributed by atoms with Crippen LogP contribution in [0.2, 0.25) is 0 Å². The molecular weight excluding hydrogens is 238 g/mol. The maximum absolute atomic E-state index is 8.99. The predicted octanol–water partition coefficient (Wildman–Crippen LogP) is 2.11. The van der Waals surface area contributed by atoms with Crippen LogP contribution < -0.4 is 5.32 Å². The molecule has 1 unspecified atom stereocenters. The summed E-state index contributed by atoms with van der Waals surface area (Å²) in [5.74, 6) is 1.65. The van der Waals surface area contributed by atoms with Gasteiger partial charge in [0.15, 0.2) is 0 Å². The fraction of sp³-hybridized carbons (Fsp3) is 0.667. The van der Waals surface area contributed by atoms with Crippen molar-refractivity contribution in [1.29, 1.82) is 0 Å². The van der Waals surface area contributed by atoms with E-state index in [9.17, 15) is 0 Å². The molecule has 1 fully saturated rings. The zero-order valence-electron chi connectivity index (χ0n) is 11.8. The van der Waals surface area contributed by atoms with Gasteiger partial charge in [-0.2, -0.15) is 0 Å². The molecule has 1 atom stereocenters. The number of rotatable bonds is 7. The molecule has 106 valence electrons. The van der Waals surface area contributed by atoms with Crippen LogP contribution in [0, 0.1) is 5.92 Å². The molecule has 0 spiro atoms. The van der Waals surface area contributed by atoms with E-state index in [1.54, 1.807) is 0 Å². The minimum Gasteiger partial charge on any atom is -0.396 e. The monoisotopic (exact) mass is 263 g/mol. The van der Waals surface area contributed by atoms with Gasteiger partial charge in [-0.3, -0.25) is 4.90 Å². The molecule has 0 aliphatic carbocycles. The summed E-state index contributed by atoms with van der Waals surface area (Å²) in [5, 5.41) is 12.3. The molecule has 1 aliphatic heterocycles. The van der Waals surface area contributed by atoms with E-state index >= 15 is 0 Å². The topological polar surface area (TPSA) is 48.4 Å². The lowest BCUT2D eigenvalue weighted by Gasteiger charge is -2.16. The van der Waals surface area contributed by atoms with E-state index in [1.165, 1.54) is 12.0 Å². The molecule has 0 amide bonds. The maximum Gasteiger partial charge on any atom is 0.126 e. The molecular formula is C15H25N3O. The number of nitrogens with zero attached hydrogens (tertiary/aromatic N) is 2. The summed E-state index contributed by atoms with van der Waals surface area (Å²) in [6.07, 6.45) is 5.15. The number of aromatic nitrogens is 1. The van der Waals surface area contributed by atoms with Gasteiger partial charge < -0.3 is 10.4 Å². The Hall–Kier alpha value is -1.13. The first kappa shape index (κ1) is 14.3. The highest BCUT2D eigenvalue weighted by Crippen LogP contribution is 2.21. The van der Waals surface area contributed by atoms with Crippen LogP contribution in [0.4, 0.5) is 5.82 Å². The molecule has 0 radical (unpaired) electrons. The van der Waals surface area contributed by atoms with E-state index in [4.69, 9.17) is 5.11 Å². The molecule has 0 aromatic carbocycles. The standard InChI is InChI=1S/C15H25N3O/c1-2-6-16-15-10-14(3-7-17-15)12-18-8-4-13(11-18)5-9-19/h3,7,10,13,19H,2,4-6,8-9,11-12H2,1H3,(H,16,17). The molecule has 1 aromatic heterocycles. The minimum atomic E-state index is 0.318. The first-order chi connectivity index (χ1) is 9.31. The second-order valence-corrected chi connectivity index (χ2v) is 5.38. The number of pyridine rings is 1. The Bertz CT molecular complexity index is 383. The van der Waals surface area contributed by atoms with Crippen molar-refractivity contribution in [2.45, 2.75) is 32.7 Å². The molecule has 2 heterocycles.